The molecule has 0 amide bonds. The fourth-order valence-corrected chi connectivity index (χ4v) is 4.65. The first-order valence-electron chi connectivity index (χ1n) is 5.74. The number of rotatable bonds is 4. The predicted molar refractivity (Wildman–Crippen MR) is 74.2 cm³/mol. The van der Waals surface area contributed by atoms with Crippen LogP contribution >= 0.6 is 23.1 Å². The molecule has 1 aromatic rings. The second-order valence-electron chi connectivity index (χ2n) is 4.53. The van der Waals surface area contributed by atoms with E-state index in [4.69, 9.17) is 5.73 Å². The summed E-state index contributed by atoms with van der Waals surface area (Å²) >= 11 is 3.87. The van der Waals surface area contributed by atoms with Crippen LogP contribution in [0.25, 0.3) is 0 Å². The second-order valence-corrected chi connectivity index (χ2v) is 6.62. The van der Waals surface area contributed by atoms with Crippen molar-refractivity contribution in [2.24, 2.45) is 5.73 Å². The molecule has 0 saturated carbocycles. The van der Waals surface area contributed by atoms with E-state index < -0.39 is 0 Å². The Morgan fingerprint density at radius 1 is 1.62 bits per heavy atom. The van der Waals surface area contributed by atoms with Crippen LogP contribution in [0.2, 0.25) is 0 Å². The zero-order valence-corrected chi connectivity index (χ0v) is 11.6. The normalized spacial score (nSPS) is 27.5. The largest absolute Gasteiger partial charge is 0.329 e. The van der Waals surface area contributed by atoms with Crippen LogP contribution in [0.1, 0.15) is 24.3 Å². The SMILES string of the molecule is CC(c1cccs1)N(C)C1(CN)CCSC1. The molecule has 1 saturated heterocycles. The van der Waals surface area contributed by atoms with E-state index in [0.29, 0.717) is 6.04 Å². The van der Waals surface area contributed by atoms with Crippen molar-refractivity contribution in [3.63, 3.8) is 0 Å². The summed E-state index contributed by atoms with van der Waals surface area (Å²) in [7, 11) is 2.23. The number of thiophene rings is 1. The van der Waals surface area contributed by atoms with Gasteiger partial charge in [-0.2, -0.15) is 11.8 Å². The van der Waals surface area contributed by atoms with Gasteiger partial charge in [0.15, 0.2) is 0 Å². The summed E-state index contributed by atoms with van der Waals surface area (Å²) in [6.07, 6.45) is 1.22. The summed E-state index contributed by atoms with van der Waals surface area (Å²) in [6.45, 7) is 3.05. The maximum atomic E-state index is 6.01. The van der Waals surface area contributed by atoms with E-state index in [1.165, 1.54) is 22.8 Å². The van der Waals surface area contributed by atoms with E-state index in [1.54, 1.807) is 0 Å². The summed E-state index contributed by atoms with van der Waals surface area (Å²) in [4.78, 5) is 3.92. The molecule has 0 radical (unpaired) electrons. The smallest absolute Gasteiger partial charge is 0.0433 e. The number of likely N-dealkylation sites (N-methyl/N-ethyl adjacent to an activating group) is 1. The van der Waals surface area contributed by atoms with Crippen LogP contribution in [0.4, 0.5) is 0 Å². The highest BCUT2D eigenvalue weighted by Gasteiger charge is 2.39. The van der Waals surface area contributed by atoms with Crippen molar-refractivity contribution in [3.8, 4) is 0 Å². The minimum absolute atomic E-state index is 0.216. The average molecular weight is 256 g/mol. The monoisotopic (exact) mass is 256 g/mol. The molecule has 2 unspecified atom stereocenters. The summed E-state index contributed by atoms with van der Waals surface area (Å²) in [6, 6.07) is 4.82. The maximum Gasteiger partial charge on any atom is 0.0433 e. The van der Waals surface area contributed by atoms with Gasteiger partial charge in [0, 0.05) is 28.8 Å². The van der Waals surface area contributed by atoms with Crippen LogP contribution in [0.3, 0.4) is 0 Å². The lowest BCUT2D eigenvalue weighted by molar-refractivity contribution is 0.108. The van der Waals surface area contributed by atoms with Gasteiger partial charge in [0.25, 0.3) is 0 Å². The zero-order chi connectivity index (χ0) is 11.6. The molecular weight excluding hydrogens is 236 g/mol. The first-order chi connectivity index (χ1) is 7.69. The molecule has 0 bridgehead atoms. The number of nitrogens with zero attached hydrogens (tertiary/aromatic N) is 1. The van der Waals surface area contributed by atoms with Gasteiger partial charge < -0.3 is 5.73 Å². The van der Waals surface area contributed by atoms with Gasteiger partial charge in [-0.1, -0.05) is 6.07 Å². The Balaban J connectivity index is 2.14. The zero-order valence-electron chi connectivity index (χ0n) is 9.98. The van der Waals surface area contributed by atoms with Crippen molar-refractivity contribution >= 4 is 23.1 Å². The van der Waals surface area contributed by atoms with Gasteiger partial charge in [0.2, 0.25) is 0 Å². The summed E-state index contributed by atoms with van der Waals surface area (Å²) in [5.41, 5.74) is 6.23. The van der Waals surface area contributed by atoms with E-state index in [0.717, 1.165) is 6.54 Å². The quantitative estimate of drug-likeness (QED) is 0.898. The average Bonchev–Trinajstić information content (AvgIpc) is 2.98. The van der Waals surface area contributed by atoms with Crippen LogP contribution < -0.4 is 5.73 Å². The van der Waals surface area contributed by atoms with Gasteiger partial charge in [-0.15, -0.1) is 11.3 Å². The molecule has 0 aromatic carbocycles. The Labute approximate surface area is 106 Å². The van der Waals surface area contributed by atoms with E-state index >= 15 is 0 Å². The number of thioether (sulfide) groups is 1. The van der Waals surface area contributed by atoms with Crippen LogP contribution in [-0.2, 0) is 0 Å². The van der Waals surface area contributed by atoms with E-state index in [9.17, 15) is 0 Å². The highest BCUT2D eigenvalue weighted by molar-refractivity contribution is 7.99. The molecule has 90 valence electrons. The Bertz CT molecular complexity index is 318. The van der Waals surface area contributed by atoms with E-state index in [-0.39, 0.29) is 5.54 Å². The fraction of sp³-hybridized carbons (Fsp3) is 0.667. The summed E-state index contributed by atoms with van der Waals surface area (Å²) in [5, 5.41) is 2.15. The van der Waals surface area contributed by atoms with Crippen LogP contribution in [0, 0.1) is 0 Å². The van der Waals surface area contributed by atoms with Gasteiger partial charge >= 0.3 is 0 Å². The van der Waals surface area contributed by atoms with Crippen molar-refractivity contribution in [3.05, 3.63) is 22.4 Å². The van der Waals surface area contributed by atoms with Crippen molar-refractivity contribution in [1.29, 1.82) is 0 Å². The molecule has 0 aliphatic carbocycles. The van der Waals surface area contributed by atoms with Gasteiger partial charge in [-0.25, -0.2) is 0 Å². The van der Waals surface area contributed by atoms with Crippen molar-refractivity contribution in [2.45, 2.75) is 24.9 Å². The number of hydrogen-bond acceptors (Lipinski definition) is 4. The van der Waals surface area contributed by atoms with Crippen LogP contribution in [-0.4, -0.2) is 35.5 Å². The highest BCUT2D eigenvalue weighted by Crippen LogP contribution is 2.37. The molecule has 2 nitrogen and oxygen atoms in total. The van der Waals surface area contributed by atoms with Crippen molar-refractivity contribution in [2.75, 3.05) is 25.1 Å². The van der Waals surface area contributed by atoms with Gasteiger partial charge in [0.1, 0.15) is 0 Å². The first kappa shape index (κ1) is 12.4. The third-order valence-corrected chi connectivity index (χ3v) is 6.02. The fourth-order valence-electron chi connectivity index (χ4n) is 2.31. The molecule has 1 aromatic heterocycles. The Morgan fingerprint density at radius 3 is 2.94 bits per heavy atom. The number of nitrogens with two attached hydrogens (primary N) is 1. The van der Waals surface area contributed by atoms with Gasteiger partial charge in [-0.3, -0.25) is 4.90 Å². The summed E-state index contributed by atoms with van der Waals surface area (Å²) in [5.74, 6) is 2.43. The van der Waals surface area contributed by atoms with Crippen LogP contribution in [0.15, 0.2) is 17.5 Å². The topological polar surface area (TPSA) is 29.3 Å². The first-order valence-corrected chi connectivity index (χ1v) is 7.77. The standard InChI is InChI=1S/C12H20N2S2/c1-10(11-4-3-6-16-11)14(2)12(8-13)5-7-15-9-12/h3-4,6,10H,5,7-9,13H2,1-2H3. The number of hydrogen-bond donors (Lipinski definition) is 1. The molecule has 1 aliphatic rings. The lowest BCUT2D eigenvalue weighted by Crippen LogP contribution is -2.53. The highest BCUT2D eigenvalue weighted by atomic mass is 32.2. The second kappa shape index (κ2) is 5.08. The van der Waals surface area contributed by atoms with Crippen molar-refractivity contribution in [1.82, 2.24) is 4.90 Å². The van der Waals surface area contributed by atoms with Crippen molar-refractivity contribution < 1.29 is 0 Å². The van der Waals surface area contributed by atoms with Gasteiger partial charge in [-0.05, 0) is 37.6 Å². The lowest BCUT2D eigenvalue weighted by atomic mass is 9.95. The minimum Gasteiger partial charge on any atom is -0.329 e. The third kappa shape index (κ3) is 2.16. The molecule has 0 spiro atoms. The molecular formula is C12H20N2S2. The maximum absolute atomic E-state index is 6.01. The Kier molecular flexibility index (Phi) is 3.95. The molecule has 16 heavy (non-hydrogen) atoms. The Hall–Kier alpha value is -0.0300. The molecule has 2 rings (SSSR count). The van der Waals surface area contributed by atoms with E-state index in [1.807, 2.05) is 23.1 Å². The molecule has 1 fully saturated rings. The minimum atomic E-state index is 0.216. The molecule has 2 heterocycles. The van der Waals surface area contributed by atoms with Crippen LogP contribution in [0.5, 0.6) is 0 Å². The molecule has 1 aliphatic heterocycles. The molecule has 2 N–H and O–H groups in total. The molecule has 4 heteroatoms. The lowest BCUT2D eigenvalue weighted by Gasteiger charge is -2.41. The summed E-state index contributed by atoms with van der Waals surface area (Å²) < 4.78 is 0. The predicted octanol–water partition coefficient (Wildman–Crippen LogP) is 2.58. The third-order valence-electron chi connectivity index (χ3n) is 3.75. The van der Waals surface area contributed by atoms with E-state index in [2.05, 4.69) is 36.4 Å². The molecule has 2 atom stereocenters. The van der Waals surface area contributed by atoms with Gasteiger partial charge in [0.05, 0.1) is 0 Å². The Morgan fingerprint density at radius 2 is 2.44 bits per heavy atom.